The van der Waals surface area contributed by atoms with Crippen LogP contribution >= 0.6 is 15.9 Å². The molecule has 1 heterocycles. The zero-order valence-corrected chi connectivity index (χ0v) is 16.0. The van der Waals surface area contributed by atoms with E-state index in [1.54, 1.807) is 0 Å². The first-order chi connectivity index (χ1) is 11.9. The van der Waals surface area contributed by atoms with Gasteiger partial charge in [-0.2, -0.15) is 0 Å². The van der Waals surface area contributed by atoms with E-state index >= 15 is 0 Å². The van der Waals surface area contributed by atoms with Crippen molar-refractivity contribution in [1.82, 2.24) is 4.57 Å². The number of hydrogen-bond donors (Lipinski definition) is 0. The Hall–Kier alpha value is -2.13. The quantitative estimate of drug-likeness (QED) is 0.500. The van der Waals surface area contributed by atoms with Gasteiger partial charge in [-0.25, -0.2) is 0 Å². The van der Waals surface area contributed by atoms with Gasteiger partial charge in [0.2, 0.25) is 0 Å². The zero-order valence-electron chi connectivity index (χ0n) is 14.4. The third-order valence-electron chi connectivity index (χ3n) is 4.79. The normalized spacial score (nSPS) is 16.9. The molecule has 1 aromatic heterocycles. The summed E-state index contributed by atoms with van der Waals surface area (Å²) in [6.45, 7) is 4.34. The molecule has 1 aliphatic carbocycles. The first-order valence-electron chi connectivity index (χ1n) is 8.54. The molecular formula is C22H20BrNO. The van der Waals surface area contributed by atoms with Crippen molar-refractivity contribution in [3.63, 3.8) is 0 Å². The maximum Gasteiger partial charge on any atom is 0.157 e. The molecule has 0 unspecified atom stereocenters. The van der Waals surface area contributed by atoms with E-state index in [1.807, 2.05) is 18.2 Å². The van der Waals surface area contributed by atoms with Crippen molar-refractivity contribution in [3.05, 3.63) is 65.1 Å². The summed E-state index contributed by atoms with van der Waals surface area (Å²) in [4.78, 5) is 12.3. The second-order valence-corrected chi connectivity index (χ2v) is 8.38. The smallest absolute Gasteiger partial charge is 0.157 e. The Bertz CT molecular complexity index is 1010. The van der Waals surface area contributed by atoms with Crippen LogP contribution in [0.1, 0.15) is 26.7 Å². The van der Waals surface area contributed by atoms with E-state index in [2.05, 4.69) is 76.8 Å². The van der Waals surface area contributed by atoms with Gasteiger partial charge < -0.3 is 4.57 Å². The Balaban J connectivity index is 2.01. The fraction of sp³-hybridized carbons (Fsp3) is 0.227. The molecule has 0 saturated carbocycles. The molecule has 2 aromatic carbocycles. The maximum absolute atomic E-state index is 12.3. The number of aromatic nitrogens is 1. The summed E-state index contributed by atoms with van der Waals surface area (Å²) in [5, 5.41) is 1.19. The Kier molecular flexibility index (Phi) is 3.92. The molecule has 4 rings (SSSR count). The Morgan fingerprint density at radius 1 is 1.00 bits per heavy atom. The number of hydrogen-bond acceptors (Lipinski definition) is 1. The second-order valence-electron chi connectivity index (χ2n) is 7.52. The molecule has 0 atom stereocenters. The Morgan fingerprint density at radius 2 is 1.72 bits per heavy atom. The molecule has 0 spiro atoms. The summed E-state index contributed by atoms with van der Waals surface area (Å²) in [6, 6.07) is 18.8. The molecule has 0 radical (unpaired) electrons. The predicted molar refractivity (Wildman–Crippen MR) is 107 cm³/mol. The van der Waals surface area contributed by atoms with Crippen LogP contribution in [0.15, 0.2) is 65.1 Å². The minimum Gasteiger partial charge on any atom is -0.313 e. The molecule has 0 amide bonds. The molecule has 25 heavy (non-hydrogen) atoms. The first-order valence-corrected chi connectivity index (χ1v) is 9.33. The molecule has 126 valence electrons. The van der Waals surface area contributed by atoms with Crippen molar-refractivity contribution >= 4 is 38.3 Å². The number of halogens is 1. The Labute approximate surface area is 156 Å². The van der Waals surface area contributed by atoms with E-state index in [4.69, 9.17) is 0 Å². The highest BCUT2D eigenvalue weighted by molar-refractivity contribution is 9.10. The molecule has 3 heteroatoms. The number of fused-ring (bicyclic) bond motifs is 1. The van der Waals surface area contributed by atoms with E-state index in [9.17, 15) is 4.79 Å². The van der Waals surface area contributed by atoms with E-state index < -0.39 is 0 Å². The molecule has 0 N–H and O–H groups in total. The number of benzene rings is 2. The van der Waals surface area contributed by atoms with Crippen molar-refractivity contribution in [3.8, 4) is 11.3 Å². The minimum absolute atomic E-state index is 0.0161. The molecule has 0 aliphatic heterocycles. The lowest BCUT2D eigenvalue weighted by Gasteiger charge is -2.30. The first kappa shape index (κ1) is 16.3. The largest absolute Gasteiger partial charge is 0.313 e. The van der Waals surface area contributed by atoms with E-state index in [-0.39, 0.29) is 11.2 Å². The average Bonchev–Trinajstić information content (AvgIpc) is 2.92. The van der Waals surface area contributed by atoms with Crippen LogP contribution in [0.3, 0.4) is 0 Å². The maximum atomic E-state index is 12.3. The van der Waals surface area contributed by atoms with Crippen LogP contribution in [0.5, 0.6) is 0 Å². The molecule has 0 fully saturated rings. The van der Waals surface area contributed by atoms with Crippen molar-refractivity contribution in [2.24, 2.45) is 5.41 Å². The second kappa shape index (κ2) is 5.99. The Morgan fingerprint density at radius 3 is 2.48 bits per heavy atom. The molecule has 3 aromatic rings. The van der Waals surface area contributed by atoms with Gasteiger partial charge in [-0.3, -0.25) is 4.79 Å². The van der Waals surface area contributed by atoms with Crippen LogP contribution in [0.25, 0.3) is 27.9 Å². The van der Waals surface area contributed by atoms with Crippen LogP contribution < -0.4 is 0 Å². The van der Waals surface area contributed by atoms with Crippen molar-refractivity contribution in [2.45, 2.75) is 26.7 Å². The van der Waals surface area contributed by atoms with Gasteiger partial charge in [-0.1, -0.05) is 66.2 Å². The van der Waals surface area contributed by atoms with Crippen LogP contribution in [0.4, 0.5) is 0 Å². The SMILES string of the molecule is CC1(C)CC(=O)C=C(n2c(-c3ccccc3Br)cc3ccccc32)C1. The number of rotatable bonds is 2. The van der Waals surface area contributed by atoms with Gasteiger partial charge in [0.1, 0.15) is 0 Å². The van der Waals surface area contributed by atoms with Gasteiger partial charge in [-0.15, -0.1) is 0 Å². The summed E-state index contributed by atoms with van der Waals surface area (Å²) in [5.74, 6) is 0.210. The number of allylic oxidation sites excluding steroid dienone is 2. The van der Waals surface area contributed by atoms with E-state index in [1.165, 1.54) is 5.39 Å². The standard InChI is InChI=1S/C22H20BrNO/c1-22(2)13-16(12-17(25)14-22)24-20-10-6-3-7-15(20)11-21(24)18-8-4-5-9-19(18)23/h3-12H,13-14H2,1-2H3. The van der Waals surface area contributed by atoms with Crippen LogP contribution in [0, 0.1) is 5.41 Å². The number of para-hydroxylation sites is 1. The lowest BCUT2D eigenvalue weighted by atomic mass is 9.78. The summed E-state index contributed by atoms with van der Waals surface area (Å²) >= 11 is 3.68. The number of nitrogens with zero attached hydrogens (tertiary/aromatic N) is 1. The van der Waals surface area contributed by atoms with Crippen molar-refractivity contribution in [2.75, 3.05) is 0 Å². The monoisotopic (exact) mass is 393 g/mol. The number of carbonyl (C=O) groups excluding carboxylic acids is 1. The van der Waals surface area contributed by atoms with Gasteiger partial charge in [0.15, 0.2) is 5.78 Å². The fourth-order valence-electron chi connectivity index (χ4n) is 3.79. The number of carbonyl (C=O) groups is 1. The minimum atomic E-state index is -0.0161. The molecular weight excluding hydrogens is 374 g/mol. The van der Waals surface area contributed by atoms with Crippen LogP contribution in [0.2, 0.25) is 0 Å². The van der Waals surface area contributed by atoms with E-state index in [0.717, 1.165) is 33.4 Å². The highest BCUT2D eigenvalue weighted by Crippen LogP contribution is 2.41. The van der Waals surface area contributed by atoms with Crippen LogP contribution in [-0.2, 0) is 4.79 Å². The summed E-state index contributed by atoms with van der Waals surface area (Å²) in [5.41, 5.74) is 4.46. The third-order valence-corrected chi connectivity index (χ3v) is 5.48. The zero-order chi connectivity index (χ0) is 17.6. The third kappa shape index (κ3) is 2.98. The highest BCUT2D eigenvalue weighted by atomic mass is 79.9. The van der Waals surface area contributed by atoms with Gasteiger partial charge in [0.05, 0.1) is 11.2 Å². The topological polar surface area (TPSA) is 22.0 Å². The van der Waals surface area contributed by atoms with Gasteiger partial charge in [-0.05, 0) is 30.0 Å². The number of ketones is 1. The van der Waals surface area contributed by atoms with Crippen LogP contribution in [-0.4, -0.2) is 10.4 Å². The summed E-state index contributed by atoms with van der Waals surface area (Å²) in [7, 11) is 0. The lowest BCUT2D eigenvalue weighted by Crippen LogP contribution is -2.23. The lowest BCUT2D eigenvalue weighted by molar-refractivity contribution is -0.116. The fourth-order valence-corrected chi connectivity index (χ4v) is 4.28. The highest BCUT2D eigenvalue weighted by Gasteiger charge is 2.29. The summed E-state index contributed by atoms with van der Waals surface area (Å²) < 4.78 is 3.31. The van der Waals surface area contributed by atoms with Gasteiger partial charge in [0, 0.05) is 33.6 Å². The van der Waals surface area contributed by atoms with Crippen molar-refractivity contribution in [1.29, 1.82) is 0 Å². The van der Waals surface area contributed by atoms with E-state index in [0.29, 0.717) is 6.42 Å². The van der Waals surface area contributed by atoms with Gasteiger partial charge >= 0.3 is 0 Å². The predicted octanol–water partition coefficient (Wildman–Crippen LogP) is 6.30. The molecule has 0 saturated heterocycles. The average molecular weight is 394 g/mol. The molecule has 1 aliphatic rings. The summed E-state index contributed by atoms with van der Waals surface area (Å²) in [6.07, 6.45) is 3.33. The van der Waals surface area contributed by atoms with Crippen molar-refractivity contribution < 1.29 is 4.79 Å². The molecule has 0 bridgehead atoms. The molecule has 2 nitrogen and oxygen atoms in total. The van der Waals surface area contributed by atoms with Gasteiger partial charge in [0.25, 0.3) is 0 Å².